The summed E-state index contributed by atoms with van der Waals surface area (Å²) in [5.74, 6) is 0. The van der Waals surface area contributed by atoms with Gasteiger partial charge in [-0.2, -0.15) is 5.26 Å². The normalized spacial score (nSPS) is 10.2. The van der Waals surface area contributed by atoms with E-state index in [4.69, 9.17) is 5.26 Å². The van der Waals surface area contributed by atoms with Crippen molar-refractivity contribution in [3.05, 3.63) is 46.3 Å². The maximum Gasteiger partial charge on any atom is 0.268 e. The van der Waals surface area contributed by atoms with Crippen molar-refractivity contribution < 1.29 is 0 Å². The Balaban J connectivity index is 2.81. The first-order valence-electron chi connectivity index (χ1n) is 6.16. The number of nitrogens with zero attached hydrogens (tertiary/aromatic N) is 4. The molecule has 5 heteroatoms. The maximum atomic E-state index is 12.1. The van der Waals surface area contributed by atoms with Gasteiger partial charge in [0.2, 0.25) is 0 Å². The molecule has 0 aromatic carbocycles. The monoisotopic (exact) mass is 254 g/mol. The van der Waals surface area contributed by atoms with E-state index in [-0.39, 0.29) is 11.1 Å². The molecule has 96 valence electrons. The summed E-state index contributed by atoms with van der Waals surface area (Å²) in [7, 11) is 0. The molecule has 2 aromatic heterocycles. The summed E-state index contributed by atoms with van der Waals surface area (Å²) in [5, 5.41) is 9.07. The molecule has 0 saturated carbocycles. The zero-order valence-corrected chi connectivity index (χ0v) is 10.9. The SMILES string of the molecule is CCc1c(-c2cnccn2)cc(C#N)c(=O)n1CC. The zero-order chi connectivity index (χ0) is 13.8. The lowest BCUT2D eigenvalue weighted by atomic mass is 10.1. The van der Waals surface area contributed by atoms with E-state index in [1.807, 2.05) is 19.9 Å². The molecule has 0 atom stereocenters. The van der Waals surface area contributed by atoms with Crippen molar-refractivity contribution in [3.8, 4) is 17.3 Å². The van der Waals surface area contributed by atoms with Gasteiger partial charge >= 0.3 is 0 Å². The Labute approximate surface area is 111 Å². The van der Waals surface area contributed by atoms with Crippen molar-refractivity contribution in [2.24, 2.45) is 0 Å². The third-order valence-corrected chi connectivity index (χ3v) is 3.01. The van der Waals surface area contributed by atoms with Gasteiger partial charge in [0.05, 0.1) is 11.9 Å². The second-order valence-corrected chi connectivity index (χ2v) is 4.02. The van der Waals surface area contributed by atoms with Crippen molar-refractivity contribution in [1.29, 1.82) is 5.26 Å². The van der Waals surface area contributed by atoms with E-state index in [1.54, 1.807) is 29.2 Å². The molecular weight excluding hydrogens is 240 g/mol. The van der Waals surface area contributed by atoms with Crippen LogP contribution in [0.4, 0.5) is 0 Å². The van der Waals surface area contributed by atoms with Gasteiger partial charge in [-0.05, 0) is 19.4 Å². The second kappa shape index (κ2) is 5.44. The number of nitriles is 1. The van der Waals surface area contributed by atoms with Crippen LogP contribution in [0.1, 0.15) is 25.1 Å². The van der Waals surface area contributed by atoms with Crippen LogP contribution >= 0.6 is 0 Å². The molecule has 2 aromatic rings. The van der Waals surface area contributed by atoms with E-state index in [9.17, 15) is 4.79 Å². The van der Waals surface area contributed by atoms with Crippen molar-refractivity contribution >= 4 is 0 Å². The largest absolute Gasteiger partial charge is 0.311 e. The molecule has 0 aliphatic carbocycles. The molecule has 0 amide bonds. The van der Waals surface area contributed by atoms with Gasteiger partial charge in [-0.1, -0.05) is 6.92 Å². The first-order chi connectivity index (χ1) is 9.22. The standard InChI is InChI=1S/C14H14N4O/c1-3-13-11(12-9-16-5-6-17-12)7-10(8-15)14(19)18(13)4-2/h5-7,9H,3-4H2,1-2H3. The van der Waals surface area contributed by atoms with Crippen LogP contribution in [0.2, 0.25) is 0 Å². The fourth-order valence-electron chi connectivity index (χ4n) is 2.16. The quantitative estimate of drug-likeness (QED) is 0.836. The van der Waals surface area contributed by atoms with Gasteiger partial charge in [-0.3, -0.25) is 14.8 Å². The minimum Gasteiger partial charge on any atom is -0.311 e. The lowest BCUT2D eigenvalue weighted by Crippen LogP contribution is -2.25. The number of aromatic nitrogens is 3. The fraction of sp³-hybridized carbons (Fsp3) is 0.286. The van der Waals surface area contributed by atoms with Crippen LogP contribution in [-0.4, -0.2) is 14.5 Å². The Hall–Kier alpha value is -2.48. The summed E-state index contributed by atoms with van der Waals surface area (Å²) in [5.41, 5.74) is 2.26. The van der Waals surface area contributed by atoms with Gasteiger partial charge in [-0.15, -0.1) is 0 Å². The Bertz CT molecular complexity index is 683. The molecule has 0 saturated heterocycles. The van der Waals surface area contributed by atoms with Crippen molar-refractivity contribution in [1.82, 2.24) is 14.5 Å². The van der Waals surface area contributed by atoms with Crippen molar-refractivity contribution in [2.45, 2.75) is 26.8 Å². The molecule has 2 rings (SSSR count). The number of rotatable bonds is 3. The number of hydrogen-bond donors (Lipinski definition) is 0. The van der Waals surface area contributed by atoms with Gasteiger partial charge in [0.25, 0.3) is 5.56 Å². The minimum atomic E-state index is -0.241. The van der Waals surface area contributed by atoms with Gasteiger partial charge in [-0.25, -0.2) is 0 Å². The van der Waals surface area contributed by atoms with E-state index in [1.165, 1.54) is 0 Å². The maximum absolute atomic E-state index is 12.1. The summed E-state index contributed by atoms with van der Waals surface area (Å²) < 4.78 is 1.63. The highest BCUT2D eigenvalue weighted by molar-refractivity contribution is 5.63. The first kappa shape index (κ1) is 13.0. The molecule has 0 radical (unpaired) electrons. The third kappa shape index (κ3) is 2.25. The molecule has 0 unspecified atom stereocenters. The van der Waals surface area contributed by atoms with Crippen molar-refractivity contribution in [3.63, 3.8) is 0 Å². The topological polar surface area (TPSA) is 71.6 Å². The summed E-state index contributed by atoms with van der Waals surface area (Å²) >= 11 is 0. The summed E-state index contributed by atoms with van der Waals surface area (Å²) in [6, 6.07) is 3.56. The number of hydrogen-bond acceptors (Lipinski definition) is 4. The Morgan fingerprint density at radius 2 is 2.16 bits per heavy atom. The molecule has 0 spiro atoms. The highest BCUT2D eigenvalue weighted by Crippen LogP contribution is 2.21. The van der Waals surface area contributed by atoms with Crippen LogP contribution in [-0.2, 0) is 13.0 Å². The highest BCUT2D eigenvalue weighted by Gasteiger charge is 2.14. The molecule has 5 nitrogen and oxygen atoms in total. The van der Waals surface area contributed by atoms with Crippen LogP contribution in [0.5, 0.6) is 0 Å². The predicted molar refractivity (Wildman–Crippen MR) is 71.5 cm³/mol. The van der Waals surface area contributed by atoms with Crippen LogP contribution in [0.25, 0.3) is 11.3 Å². The predicted octanol–water partition coefficient (Wildman–Crippen LogP) is 1.76. The lowest BCUT2D eigenvalue weighted by Gasteiger charge is -2.14. The Morgan fingerprint density at radius 3 is 2.68 bits per heavy atom. The van der Waals surface area contributed by atoms with E-state index < -0.39 is 0 Å². The molecular formula is C14H14N4O. The first-order valence-corrected chi connectivity index (χ1v) is 6.16. The average molecular weight is 254 g/mol. The Kier molecular flexibility index (Phi) is 3.71. The van der Waals surface area contributed by atoms with Gasteiger partial charge < -0.3 is 4.57 Å². The van der Waals surface area contributed by atoms with Crippen LogP contribution in [0.15, 0.2) is 29.5 Å². The summed E-state index contributed by atoms with van der Waals surface area (Å²) in [4.78, 5) is 20.4. The van der Waals surface area contributed by atoms with Crippen molar-refractivity contribution in [2.75, 3.05) is 0 Å². The molecule has 0 bridgehead atoms. The fourth-order valence-corrected chi connectivity index (χ4v) is 2.16. The van der Waals surface area contributed by atoms with Gasteiger partial charge in [0, 0.05) is 30.2 Å². The summed E-state index contributed by atoms with van der Waals surface area (Å²) in [6.07, 6.45) is 5.53. The smallest absolute Gasteiger partial charge is 0.268 e. The lowest BCUT2D eigenvalue weighted by molar-refractivity contribution is 0.680. The van der Waals surface area contributed by atoms with Crippen LogP contribution in [0, 0.1) is 11.3 Å². The number of pyridine rings is 1. The zero-order valence-electron chi connectivity index (χ0n) is 10.9. The molecule has 2 heterocycles. The molecule has 0 fully saturated rings. The van der Waals surface area contributed by atoms with Crippen LogP contribution < -0.4 is 5.56 Å². The van der Waals surface area contributed by atoms with E-state index >= 15 is 0 Å². The average Bonchev–Trinajstić information content (AvgIpc) is 2.47. The van der Waals surface area contributed by atoms with Crippen LogP contribution in [0.3, 0.4) is 0 Å². The van der Waals surface area contributed by atoms with E-state index in [0.29, 0.717) is 18.7 Å². The second-order valence-electron chi connectivity index (χ2n) is 4.02. The molecule has 0 aliphatic heterocycles. The Morgan fingerprint density at radius 1 is 1.37 bits per heavy atom. The highest BCUT2D eigenvalue weighted by atomic mass is 16.1. The van der Waals surface area contributed by atoms with E-state index in [0.717, 1.165) is 11.3 Å². The van der Waals surface area contributed by atoms with E-state index in [2.05, 4.69) is 9.97 Å². The van der Waals surface area contributed by atoms with Gasteiger partial charge in [0.15, 0.2) is 0 Å². The minimum absolute atomic E-state index is 0.139. The van der Waals surface area contributed by atoms with Gasteiger partial charge in [0.1, 0.15) is 11.6 Å². The summed E-state index contributed by atoms with van der Waals surface area (Å²) in [6.45, 7) is 4.40. The molecule has 0 aliphatic rings. The third-order valence-electron chi connectivity index (χ3n) is 3.01. The molecule has 0 N–H and O–H groups in total. The molecule has 19 heavy (non-hydrogen) atoms.